The molecule has 5 atom stereocenters. The molecule has 512 valence electrons. The van der Waals surface area contributed by atoms with Crippen LogP contribution in [0, 0.1) is 11.8 Å². The van der Waals surface area contributed by atoms with Crippen molar-refractivity contribution in [3.8, 4) is 0 Å². The number of unbranched alkanes of at least 4 members (excludes halogenated alkanes) is 32. The van der Waals surface area contributed by atoms with E-state index in [1.54, 1.807) is 0 Å². The van der Waals surface area contributed by atoms with Crippen LogP contribution in [0.4, 0.5) is 0 Å². The van der Waals surface area contributed by atoms with Gasteiger partial charge in [-0.05, 0) is 63.2 Å². The predicted octanol–water partition coefficient (Wildman–Crippen LogP) is 18.8. The fourth-order valence-corrected chi connectivity index (χ4v) is 11.3. The Labute approximate surface area is 529 Å². The van der Waals surface area contributed by atoms with Crippen molar-refractivity contribution in [1.29, 1.82) is 0 Å². The lowest BCUT2D eigenvalue weighted by Crippen LogP contribution is -2.30. The van der Waals surface area contributed by atoms with Gasteiger partial charge in [-0.15, -0.1) is 0 Å². The number of hydrogen-bond acceptors (Lipinski definition) is 15. The quantitative estimate of drug-likeness (QED) is 0.0169. The lowest BCUT2D eigenvalue weighted by atomic mass is 10.0. The first-order chi connectivity index (χ1) is 41.9. The standard InChI is InChI=1S/C68H128O17P2/c1-7-9-11-13-15-17-19-21-23-25-27-29-31-40-46-52-67(72)84-63(56-78-65(70)50-44-38-30-28-26-24-22-20-18-16-14-12-10-8-2)58-82-86(74,75)80-54-62(69)55-81-87(76,77)83-59-64(85-68(73)53-47-41-35-33-37-43-49-61(5)6)57-79-66(71)51-45-39-34-32-36-42-48-60(3)4/h17,19,21,23,60-64,69H,7-16,18,20,22,24-59H2,1-6H3,(H,74,75)(H,76,77)/b19-17-,23-21-/t62-,63-,64-/m1/s1. The first kappa shape index (κ1) is 84.5. The van der Waals surface area contributed by atoms with E-state index in [2.05, 4.69) is 65.8 Å². The van der Waals surface area contributed by atoms with E-state index in [1.807, 2.05) is 0 Å². The van der Waals surface area contributed by atoms with E-state index in [9.17, 15) is 43.2 Å². The van der Waals surface area contributed by atoms with Crippen molar-refractivity contribution in [3.63, 3.8) is 0 Å². The van der Waals surface area contributed by atoms with Gasteiger partial charge < -0.3 is 33.8 Å². The normalized spacial score (nSPS) is 14.4. The minimum atomic E-state index is -4.96. The van der Waals surface area contributed by atoms with Gasteiger partial charge in [0.15, 0.2) is 12.2 Å². The van der Waals surface area contributed by atoms with Crippen LogP contribution in [-0.4, -0.2) is 96.7 Å². The van der Waals surface area contributed by atoms with Gasteiger partial charge in [0, 0.05) is 25.7 Å². The Morgan fingerprint density at radius 3 is 0.943 bits per heavy atom. The fourth-order valence-electron chi connectivity index (χ4n) is 9.70. The van der Waals surface area contributed by atoms with Crippen LogP contribution in [0.15, 0.2) is 24.3 Å². The Morgan fingerprint density at radius 1 is 0.356 bits per heavy atom. The van der Waals surface area contributed by atoms with Crippen molar-refractivity contribution in [2.45, 2.75) is 336 Å². The molecule has 3 N–H and O–H groups in total. The highest BCUT2D eigenvalue weighted by atomic mass is 31.2. The molecule has 17 nitrogen and oxygen atoms in total. The Morgan fingerprint density at radius 2 is 0.621 bits per heavy atom. The van der Waals surface area contributed by atoms with Gasteiger partial charge in [-0.25, -0.2) is 9.13 Å². The molecule has 0 aliphatic carbocycles. The van der Waals surface area contributed by atoms with Gasteiger partial charge in [-0.1, -0.05) is 265 Å². The van der Waals surface area contributed by atoms with E-state index in [-0.39, 0.29) is 25.7 Å². The van der Waals surface area contributed by atoms with Crippen molar-refractivity contribution in [2.75, 3.05) is 39.6 Å². The van der Waals surface area contributed by atoms with Crippen LogP contribution in [-0.2, 0) is 65.4 Å². The molecule has 19 heteroatoms. The largest absolute Gasteiger partial charge is 0.472 e. The van der Waals surface area contributed by atoms with Crippen LogP contribution in [0.2, 0.25) is 0 Å². The summed E-state index contributed by atoms with van der Waals surface area (Å²) in [7, 11) is -9.91. The molecule has 0 spiro atoms. The Kier molecular flexibility index (Phi) is 58.1. The number of phosphoric ester groups is 2. The van der Waals surface area contributed by atoms with E-state index in [0.29, 0.717) is 37.5 Å². The summed E-state index contributed by atoms with van der Waals surface area (Å²) in [6, 6.07) is 0. The average Bonchev–Trinajstić information content (AvgIpc) is 3.69. The second-order valence-electron chi connectivity index (χ2n) is 24.8. The van der Waals surface area contributed by atoms with Gasteiger partial charge in [0.25, 0.3) is 0 Å². The molecule has 0 amide bonds. The van der Waals surface area contributed by atoms with Gasteiger partial charge >= 0.3 is 39.5 Å². The maximum atomic E-state index is 13.0. The number of allylic oxidation sites excluding steroid dienone is 4. The van der Waals surface area contributed by atoms with Crippen molar-refractivity contribution in [3.05, 3.63) is 24.3 Å². The van der Waals surface area contributed by atoms with Crippen LogP contribution < -0.4 is 0 Å². The van der Waals surface area contributed by atoms with Crippen LogP contribution in [0.3, 0.4) is 0 Å². The Hall–Kier alpha value is -2.46. The number of rotatable bonds is 65. The molecule has 0 aliphatic rings. The Bertz CT molecular complexity index is 1790. The third kappa shape index (κ3) is 62.1. The van der Waals surface area contributed by atoms with Gasteiger partial charge in [0.2, 0.25) is 0 Å². The molecular weight excluding hydrogens is 1150 g/mol. The summed E-state index contributed by atoms with van der Waals surface area (Å²) in [4.78, 5) is 72.3. The maximum Gasteiger partial charge on any atom is 0.472 e. The zero-order valence-corrected chi connectivity index (χ0v) is 57.6. The smallest absolute Gasteiger partial charge is 0.462 e. The van der Waals surface area contributed by atoms with Crippen LogP contribution >= 0.6 is 15.6 Å². The lowest BCUT2D eigenvalue weighted by molar-refractivity contribution is -0.161. The molecular formula is C68H128O17P2. The monoisotopic (exact) mass is 1280 g/mol. The summed E-state index contributed by atoms with van der Waals surface area (Å²) in [6.45, 7) is 9.28. The molecule has 87 heavy (non-hydrogen) atoms. The van der Waals surface area contributed by atoms with E-state index < -0.39 is 97.5 Å². The highest BCUT2D eigenvalue weighted by Gasteiger charge is 2.30. The van der Waals surface area contributed by atoms with E-state index in [1.165, 1.54) is 116 Å². The molecule has 0 aromatic rings. The SMILES string of the molecule is CCCCCC/C=C\C=C/CCCCCCCC(=O)O[C@H](COC(=O)CCCCCCCCCCCCCCCC)COP(=O)(O)OC[C@@H](O)COP(=O)(O)OC[C@@H](COC(=O)CCCCCCCCC(C)C)OC(=O)CCCCCCCCC(C)C. The molecule has 2 unspecified atom stereocenters. The maximum absolute atomic E-state index is 13.0. The molecule has 0 bridgehead atoms. The molecule has 0 rings (SSSR count). The third-order valence-corrected chi connectivity index (χ3v) is 17.0. The van der Waals surface area contributed by atoms with Crippen molar-refractivity contribution >= 4 is 39.5 Å². The van der Waals surface area contributed by atoms with E-state index in [4.69, 9.17) is 37.0 Å². The highest BCUT2D eigenvalue weighted by Crippen LogP contribution is 2.45. The number of hydrogen-bond donors (Lipinski definition) is 3. The van der Waals surface area contributed by atoms with Crippen molar-refractivity contribution in [1.82, 2.24) is 0 Å². The van der Waals surface area contributed by atoms with Crippen LogP contribution in [0.5, 0.6) is 0 Å². The van der Waals surface area contributed by atoms with E-state index >= 15 is 0 Å². The number of ether oxygens (including phenoxy) is 4. The molecule has 0 heterocycles. The first-order valence-electron chi connectivity index (χ1n) is 34.8. The summed E-state index contributed by atoms with van der Waals surface area (Å²) in [6.07, 6.45) is 47.0. The second-order valence-corrected chi connectivity index (χ2v) is 27.7. The number of carbonyl (C=O) groups is 4. The van der Waals surface area contributed by atoms with Crippen molar-refractivity contribution in [2.24, 2.45) is 11.8 Å². The van der Waals surface area contributed by atoms with Gasteiger partial charge in [-0.2, -0.15) is 0 Å². The van der Waals surface area contributed by atoms with Crippen LogP contribution in [0.1, 0.15) is 318 Å². The van der Waals surface area contributed by atoms with Crippen LogP contribution in [0.25, 0.3) is 0 Å². The third-order valence-electron chi connectivity index (χ3n) is 15.1. The zero-order valence-electron chi connectivity index (χ0n) is 55.8. The van der Waals surface area contributed by atoms with Gasteiger partial charge in [0.05, 0.1) is 26.4 Å². The van der Waals surface area contributed by atoms with Gasteiger partial charge in [0.1, 0.15) is 19.3 Å². The molecule has 0 aromatic heterocycles. The minimum Gasteiger partial charge on any atom is -0.462 e. The predicted molar refractivity (Wildman–Crippen MR) is 349 cm³/mol. The summed E-state index contributed by atoms with van der Waals surface area (Å²) >= 11 is 0. The zero-order chi connectivity index (χ0) is 64.3. The molecule has 0 fully saturated rings. The lowest BCUT2D eigenvalue weighted by Gasteiger charge is -2.21. The van der Waals surface area contributed by atoms with Gasteiger partial charge in [-0.3, -0.25) is 37.3 Å². The number of aliphatic hydroxyl groups excluding tert-OH is 1. The van der Waals surface area contributed by atoms with E-state index in [0.717, 1.165) is 109 Å². The fraction of sp³-hybridized carbons (Fsp3) is 0.882. The minimum absolute atomic E-state index is 0.0849. The summed E-state index contributed by atoms with van der Waals surface area (Å²) in [5.41, 5.74) is 0. The summed E-state index contributed by atoms with van der Waals surface area (Å²) in [5, 5.41) is 10.6. The second kappa shape index (κ2) is 59.8. The molecule has 0 saturated heterocycles. The number of carbonyl (C=O) groups excluding carboxylic acids is 4. The Balaban J connectivity index is 5.27. The number of esters is 4. The molecule has 0 saturated carbocycles. The number of phosphoric acid groups is 2. The summed E-state index contributed by atoms with van der Waals surface area (Å²) in [5.74, 6) is -0.819. The average molecular weight is 1280 g/mol. The van der Waals surface area contributed by atoms with Crippen molar-refractivity contribution < 1.29 is 80.2 Å². The molecule has 0 aliphatic heterocycles. The first-order valence-corrected chi connectivity index (χ1v) is 37.8. The number of aliphatic hydroxyl groups is 1. The molecule has 0 aromatic carbocycles. The highest BCUT2D eigenvalue weighted by molar-refractivity contribution is 7.47. The topological polar surface area (TPSA) is 237 Å². The molecule has 0 radical (unpaired) electrons. The summed E-state index contributed by atoms with van der Waals surface area (Å²) < 4.78 is 68.1.